The van der Waals surface area contributed by atoms with Gasteiger partial charge in [0.2, 0.25) is 5.91 Å². The standard InChI is InChI=1S/C10H10ClN3O/c1-6(13)10(15)14-8-2-3-9(11)7(4-8)5-12/h2-4,6H,13H2,1H3,(H,14,15). The Bertz CT molecular complexity index is 423. The Balaban J connectivity index is 2.89. The van der Waals surface area contributed by atoms with Gasteiger partial charge in [-0.25, -0.2) is 0 Å². The van der Waals surface area contributed by atoms with Crippen molar-refractivity contribution in [2.75, 3.05) is 5.32 Å². The zero-order valence-corrected chi connectivity index (χ0v) is 8.88. The monoisotopic (exact) mass is 223 g/mol. The maximum Gasteiger partial charge on any atom is 0.240 e. The second kappa shape index (κ2) is 4.78. The number of carbonyl (C=O) groups is 1. The van der Waals surface area contributed by atoms with E-state index in [0.717, 1.165) is 0 Å². The minimum atomic E-state index is -0.591. The molecule has 0 saturated heterocycles. The molecule has 0 fully saturated rings. The third-order valence-electron chi connectivity index (χ3n) is 1.77. The molecule has 0 aliphatic carbocycles. The van der Waals surface area contributed by atoms with Crippen molar-refractivity contribution < 1.29 is 4.79 Å². The van der Waals surface area contributed by atoms with Gasteiger partial charge in [-0.3, -0.25) is 4.79 Å². The summed E-state index contributed by atoms with van der Waals surface area (Å²) in [7, 11) is 0. The van der Waals surface area contributed by atoms with E-state index in [1.54, 1.807) is 19.1 Å². The third-order valence-corrected chi connectivity index (χ3v) is 2.10. The highest BCUT2D eigenvalue weighted by molar-refractivity contribution is 6.31. The van der Waals surface area contributed by atoms with E-state index in [1.807, 2.05) is 6.07 Å². The first-order valence-corrected chi connectivity index (χ1v) is 4.68. The molecule has 0 aliphatic rings. The molecule has 1 unspecified atom stereocenters. The fourth-order valence-electron chi connectivity index (χ4n) is 0.945. The summed E-state index contributed by atoms with van der Waals surface area (Å²) >= 11 is 5.74. The molecular weight excluding hydrogens is 214 g/mol. The van der Waals surface area contributed by atoms with Crippen molar-refractivity contribution in [3.8, 4) is 6.07 Å². The zero-order chi connectivity index (χ0) is 11.4. The lowest BCUT2D eigenvalue weighted by Gasteiger charge is -2.08. The maximum atomic E-state index is 11.2. The molecule has 0 aromatic heterocycles. The minimum absolute atomic E-state index is 0.304. The Morgan fingerprint density at radius 1 is 1.67 bits per heavy atom. The topological polar surface area (TPSA) is 78.9 Å². The number of anilines is 1. The van der Waals surface area contributed by atoms with Gasteiger partial charge in [-0.15, -0.1) is 0 Å². The zero-order valence-electron chi connectivity index (χ0n) is 8.12. The summed E-state index contributed by atoms with van der Waals surface area (Å²) in [6.45, 7) is 1.58. The van der Waals surface area contributed by atoms with Crippen molar-refractivity contribution in [3.05, 3.63) is 28.8 Å². The van der Waals surface area contributed by atoms with Gasteiger partial charge in [-0.05, 0) is 25.1 Å². The quantitative estimate of drug-likeness (QED) is 0.798. The first-order chi connectivity index (χ1) is 7.04. The van der Waals surface area contributed by atoms with Gasteiger partial charge in [0.1, 0.15) is 6.07 Å². The Hall–Kier alpha value is -1.57. The van der Waals surface area contributed by atoms with Crippen LogP contribution in [0, 0.1) is 11.3 Å². The van der Waals surface area contributed by atoms with Gasteiger partial charge in [0.25, 0.3) is 0 Å². The number of hydrogen-bond acceptors (Lipinski definition) is 3. The highest BCUT2D eigenvalue weighted by Gasteiger charge is 2.08. The highest BCUT2D eigenvalue weighted by Crippen LogP contribution is 2.19. The summed E-state index contributed by atoms with van der Waals surface area (Å²) in [5.74, 6) is -0.304. The molecule has 0 spiro atoms. The van der Waals surface area contributed by atoms with E-state index in [9.17, 15) is 4.79 Å². The molecule has 5 heteroatoms. The lowest BCUT2D eigenvalue weighted by Crippen LogP contribution is -2.32. The second-order valence-corrected chi connectivity index (χ2v) is 3.49. The minimum Gasteiger partial charge on any atom is -0.325 e. The van der Waals surface area contributed by atoms with Gasteiger partial charge in [-0.2, -0.15) is 5.26 Å². The van der Waals surface area contributed by atoms with Crippen LogP contribution >= 0.6 is 11.6 Å². The fraction of sp³-hybridized carbons (Fsp3) is 0.200. The van der Waals surface area contributed by atoms with Crippen molar-refractivity contribution in [3.63, 3.8) is 0 Å². The molecule has 0 aliphatic heterocycles. The number of hydrogen-bond donors (Lipinski definition) is 2. The van der Waals surface area contributed by atoms with E-state index in [1.165, 1.54) is 6.07 Å². The van der Waals surface area contributed by atoms with E-state index in [-0.39, 0.29) is 5.91 Å². The average molecular weight is 224 g/mol. The number of rotatable bonds is 2. The van der Waals surface area contributed by atoms with Crippen LogP contribution in [0.25, 0.3) is 0 Å². The summed E-state index contributed by atoms with van der Waals surface area (Å²) < 4.78 is 0. The molecule has 0 bridgehead atoms. The normalized spacial score (nSPS) is 11.6. The predicted octanol–water partition coefficient (Wildman–Crippen LogP) is 1.50. The van der Waals surface area contributed by atoms with Crippen LogP contribution in [0.4, 0.5) is 5.69 Å². The molecule has 0 radical (unpaired) electrons. The molecule has 1 aromatic carbocycles. The maximum absolute atomic E-state index is 11.2. The van der Waals surface area contributed by atoms with Crippen LogP contribution in [-0.4, -0.2) is 11.9 Å². The predicted molar refractivity (Wildman–Crippen MR) is 58.4 cm³/mol. The fourth-order valence-corrected chi connectivity index (χ4v) is 1.10. The third kappa shape index (κ3) is 2.94. The average Bonchev–Trinajstić information content (AvgIpc) is 2.20. The van der Waals surface area contributed by atoms with E-state index in [0.29, 0.717) is 16.3 Å². The summed E-state index contributed by atoms with van der Waals surface area (Å²) in [4.78, 5) is 11.2. The molecule has 1 atom stereocenters. The first-order valence-electron chi connectivity index (χ1n) is 4.30. The lowest BCUT2D eigenvalue weighted by molar-refractivity contribution is -0.117. The summed E-state index contributed by atoms with van der Waals surface area (Å²) in [5.41, 5.74) is 6.21. The number of nitrogens with one attached hydrogen (secondary N) is 1. The Morgan fingerprint density at radius 2 is 2.33 bits per heavy atom. The Labute approximate surface area is 92.6 Å². The molecule has 0 heterocycles. The molecule has 78 valence electrons. The van der Waals surface area contributed by atoms with Crippen LogP contribution in [0.5, 0.6) is 0 Å². The summed E-state index contributed by atoms with van der Waals surface area (Å²) in [5, 5.41) is 11.6. The number of amides is 1. The number of nitrogens with zero attached hydrogens (tertiary/aromatic N) is 1. The molecule has 3 N–H and O–H groups in total. The van der Waals surface area contributed by atoms with Crippen molar-refractivity contribution in [2.45, 2.75) is 13.0 Å². The van der Waals surface area contributed by atoms with Gasteiger partial charge >= 0.3 is 0 Å². The lowest BCUT2D eigenvalue weighted by atomic mass is 10.2. The first kappa shape index (κ1) is 11.5. The van der Waals surface area contributed by atoms with E-state index in [2.05, 4.69) is 5.32 Å². The molecule has 1 rings (SSSR count). The number of halogens is 1. The number of benzene rings is 1. The van der Waals surface area contributed by atoms with Crippen LogP contribution in [0.15, 0.2) is 18.2 Å². The molecule has 1 amide bonds. The summed E-state index contributed by atoms with van der Waals surface area (Å²) in [6, 6.07) is 6.00. The van der Waals surface area contributed by atoms with Gasteiger partial charge < -0.3 is 11.1 Å². The van der Waals surface area contributed by atoms with Gasteiger partial charge in [0, 0.05) is 5.69 Å². The van der Waals surface area contributed by atoms with Crippen molar-refractivity contribution >= 4 is 23.2 Å². The van der Waals surface area contributed by atoms with E-state index in [4.69, 9.17) is 22.6 Å². The molecule has 4 nitrogen and oxygen atoms in total. The summed E-state index contributed by atoms with van der Waals surface area (Å²) in [6.07, 6.45) is 0. The second-order valence-electron chi connectivity index (χ2n) is 3.08. The van der Waals surface area contributed by atoms with E-state index < -0.39 is 6.04 Å². The largest absolute Gasteiger partial charge is 0.325 e. The van der Waals surface area contributed by atoms with Crippen LogP contribution < -0.4 is 11.1 Å². The molecule has 1 aromatic rings. The smallest absolute Gasteiger partial charge is 0.240 e. The molecule has 0 saturated carbocycles. The Kier molecular flexibility index (Phi) is 3.67. The molecule has 15 heavy (non-hydrogen) atoms. The van der Waals surface area contributed by atoms with Crippen molar-refractivity contribution in [1.82, 2.24) is 0 Å². The van der Waals surface area contributed by atoms with Crippen LogP contribution in [0.1, 0.15) is 12.5 Å². The van der Waals surface area contributed by atoms with E-state index >= 15 is 0 Å². The van der Waals surface area contributed by atoms with Gasteiger partial charge in [0.15, 0.2) is 0 Å². The van der Waals surface area contributed by atoms with Gasteiger partial charge in [0.05, 0.1) is 16.6 Å². The molecular formula is C10H10ClN3O. The van der Waals surface area contributed by atoms with Crippen LogP contribution in [-0.2, 0) is 4.79 Å². The number of nitriles is 1. The van der Waals surface area contributed by atoms with Crippen LogP contribution in [0.2, 0.25) is 5.02 Å². The van der Waals surface area contributed by atoms with Crippen molar-refractivity contribution in [2.24, 2.45) is 5.73 Å². The van der Waals surface area contributed by atoms with Crippen LogP contribution in [0.3, 0.4) is 0 Å². The van der Waals surface area contributed by atoms with Crippen molar-refractivity contribution in [1.29, 1.82) is 5.26 Å². The highest BCUT2D eigenvalue weighted by atomic mass is 35.5. The SMILES string of the molecule is CC(N)C(=O)Nc1ccc(Cl)c(C#N)c1. The Morgan fingerprint density at radius 3 is 2.87 bits per heavy atom. The number of nitrogens with two attached hydrogens (primary N) is 1. The van der Waals surface area contributed by atoms with Gasteiger partial charge in [-0.1, -0.05) is 11.6 Å². The number of carbonyl (C=O) groups excluding carboxylic acids is 1.